The summed E-state index contributed by atoms with van der Waals surface area (Å²) in [5.74, 6) is 1.00. The summed E-state index contributed by atoms with van der Waals surface area (Å²) in [5, 5.41) is 20.2. The van der Waals surface area contributed by atoms with E-state index in [4.69, 9.17) is 14.7 Å². The Morgan fingerprint density at radius 1 is 1.26 bits per heavy atom. The van der Waals surface area contributed by atoms with Gasteiger partial charge in [0.15, 0.2) is 6.10 Å². The lowest BCUT2D eigenvalue weighted by molar-refractivity contribution is -0.175. The van der Waals surface area contributed by atoms with E-state index in [1.165, 1.54) is 0 Å². The van der Waals surface area contributed by atoms with E-state index in [1.807, 2.05) is 19.9 Å². The van der Waals surface area contributed by atoms with Crippen molar-refractivity contribution in [2.75, 3.05) is 0 Å². The molecule has 0 spiro atoms. The van der Waals surface area contributed by atoms with Crippen molar-refractivity contribution in [1.29, 1.82) is 5.26 Å². The molecule has 3 rings (SSSR count). The van der Waals surface area contributed by atoms with Crippen molar-refractivity contribution in [3.05, 3.63) is 53.7 Å². The van der Waals surface area contributed by atoms with Crippen molar-refractivity contribution in [2.24, 2.45) is 0 Å². The van der Waals surface area contributed by atoms with Crippen LogP contribution in [0.4, 0.5) is 0 Å². The summed E-state index contributed by atoms with van der Waals surface area (Å²) >= 11 is 0. The zero-order valence-electron chi connectivity index (χ0n) is 13.3. The number of pyridine rings is 1. The molecule has 0 aliphatic carbocycles. The lowest BCUT2D eigenvalue weighted by Gasteiger charge is -2.48. The summed E-state index contributed by atoms with van der Waals surface area (Å²) in [6.07, 6.45) is 0.922. The van der Waals surface area contributed by atoms with Gasteiger partial charge in [0, 0.05) is 17.8 Å². The maximum atomic E-state index is 11.1. The Labute approximate surface area is 135 Å². The Morgan fingerprint density at radius 3 is 2.70 bits per heavy atom. The molecule has 0 radical (unpaired) electrons. The third-order valence-corrected chi connectivity index (χ3v) is 4.39. The first-order valence-electron chi connectivity index (χ1n) is 7.38. The molecule has 1 aromatic heterocycles. The van der Waals surface area contributed by atoms with E-state index in [-0.39, 0.29) is 0 Å². The first kappa shape index (κ1) is 15.3. The highest BCUT2D eigenvalue weighted by Gasteiger charge is 2.54. The molecule has 1 aliphatic heterocycles. The van der Waals surface area contributed by atoms with Crippen LogP contribution in [0.2, 0.25) is 0 Å². The summed E-state index contributed by atoms with van der Waals surface area (Å²) in [6, 6.07) is 12.5. The minimum atomic E-state index is -1.31. The van der Waals surface area contributed by atoms with Crippen LogP contribution in [0.1, 0.15) is 38.0 Å². The normalized spacial score (nSPS) is 24.9. The number of ether oxygens (including phenoxy) is 2. The minimum absolute atomic E-state index is 0.406. The second-order valence-corrected chi connectivity index (χ2v) is 6.29. The zero-order chi connectivity index (χ0) is 16.7. The van der Waals surface area contributed by atoms with Gasteiger partial charge in [-0.05, 0) is 45.0 Å². The molecule has 0 saturated heterocycles. The van der Waals surface area contributed by atoms with Gasteiger partial charge in [0.1, 0.15) is 17.0 Å². The van der Waals surface area contributed by atoms with Crippen LogP contribution in [0.3, 0.4) is 0 Å². The van der Waals surface area contributed by atoms with Crippen LogP contribution in [0.15, 0.2) is 42.6 Å². The van der Waals surface area contributed by atoms with Gasteiger partial charge in [-0.25, -0.2) is 4.98 Å². The molecule has 118 valence electrons. The summed E-state index contributed by atoms with van der Waals surface area (Å²) in [6.45, 7) is 5.29. The van der Waals surface area contributed by atoms with Gasteiger partial charge < -0.3 is 14.6 Å². The topological polar surface area (TPSA) is 75.4 Å². The number of rotatable bonds is 2. The third kappa shape index (κ3) is 2.51. The van der Waals surface area contributed by atoms with Gasteiger partial charge >= 0.3 is 0 Å². The maximum Gasteiger partial charge on any atom is 0.213 e. The van der Waals surface area contributed by atoms with Crippen LogP contribution in [0.25, 0.3) is 0 Å². The molecule has 2 heterocycles. The second kappa shape index (κ2) is 5.25. The van der Waals surface area contributed by atoms with Crippen LogP contribution < -0.4 is 9.47 Å². The van der Waals surface area contributed by atoms with Crippen LogP contribution in [0.5, 0.6) is 11.6 Å². The number of fused-ring (bicyclic) bond motifs is 1. The summed E-state index contributed by atoms with van der Waals surface area (Å²) in [4.78, 5) is 4.16. The Kier molecular flexibility index (Phi) is 3.50. The van der Waals surface area contributed by atoms with Gasteiger partial charge in [-0.15, -0.1) is 0 Å². The highest BCUT2D eigenvalue weighted by molar-refractivity contribution is 5.47. The maximum absolute atomic E-state index is 11.1. The molecule has 2 aromatic rings. The van der Waals surface area contributed by atoms with Crippen LogP contribution in [0, 0.1) is 11.3 Å². The van der Waals surface area contributed by atoms with E-state index >= 15 is 0 Å². The summed E-state index contributed by atoms with van der Waals surface area (Å²) < 4.78 is 11.9. The monoisotopic (exact) mass is 310 g/mol. The molecule has 0 bridgehead atoms. The highest BCUT2D eigenvalue weighted by atomic mass is 16.6. The number of hydrogen-bond donors (Lipinski definition) is 1. The number of hydrogen-bond acceptors (Lipinski definition) is 5. The number of nitriles is 1. The quantitative estimate of drug-likeness (QED) is 0.923. The number of benzene rings is 1. The number of aromatic nitrogens is 1. The SMILES string of the molecule is CC1(C)Oc2ccc(C#N)cc2[C@@H](Oc2ccccn2)[C@]1(C)O. The molecule has 0 amide bonds. The van der Waals surface area contributed by atoms with E-state index in [9.17, 15) is 5.11 Å². The average molecular weight is 310 g/mol. The summed E-state index contributed by atoms with van der Waals surface area (Å²) in [7, 11) is 0. The fourth-order valence-corrected chi connectivity index (χ4v) is 2.63. The second-order valence-electron chi connectivity index (χ2n) is 6.29. The van der Waals surface area contributed by atoms with Crippen molar-refractivity contribution < 1.29 is 14.6 Å². The van der Waals surface area contributed by atoms with E-state index in [1.54, 1.807) is 43.5 Å². The van der Waals surface area contributed by atoms with E-state index in [0.717, 1.165) is 0 Å². The van der Waals surface area contributed by atoms with Gasteiger partial charge in [-0.1, -0.05) is 6.07 Å². The van der Waals surface area contributed by atoms with Crippen molar-refractivity contribution in [1.82, 2.24) is 4.98 Å². The lowest BCUT2D eigenvalue weighted by Crippen LogP contribution is -2.59. The van der Waals surface area contributed by atoms with Crippen molar-refractivity contribution in [2.45, 2.75) is 38.1 Å². The molecule has 1 aliphatic rings. The van der Waals surface area contributed by atoms with E-state index < -0.39 is 17.3 Å². The minimum Gasteiger partial charge on any atom is -0.484 e. The van der Waals surface area contributed by atoms with Gasteiger partial charge in [0.2, 0.25) is 5.88 Å². The predicted octanol–water partition coefficient (Wildman–Crippen LogP) is 3.00. The molecular weight excluding hydrogens is 292 g/mol. The highest BCUT2D eigenvalue weighted by Crippen LogP contribution is 2.48. The van der Waals surface area contributed by atoms with E-state index in [2.05, 4.69) is 11.1 Å². The van der Waals surface area contributed by atoms with Gasteiger partial charge in [-0.3, -0.25) is 0 Å². The third-order valence-electron chi connectivity index (χ3n) is 4.39. The molecule has 23 heavy (non-hydrogen) atoms. The summed E-state index contributed by atoms with van der Waals surface area (Å²) in [5.41, 5.74) is -1.06. The molecule has 5 heteroatoms. The Balaban J connectivity index is 2.12. The van der Waals surface area contributed by atoms with Crippen molar-refractivity contribution in [3.63, 3.8) is 0 Å². The van der Waals surface area contributed by atoms with Crippen LogP contribution in [-0.4, -0.2) is 21.3 Å². The first-order valence-corrected chi connectivity index (χ1v) is 7.38. The van der Waals surface area contributed by atoms with Crippen molar-refractivity contribution in [3.8, 4) is 17.7 Å². The molecular formula is C18H18N2O3. The number of aliphatic hydroxyl groups is 1. The smallest absolute Gasteiger partial charge is 0.213 e. The molecule has 0 unspecified atom stereocenters. The molecule has 1 aromatic carbocycles. The molecule has 1 N–H and O–H groups in total. The molecule has 0 saturated carbocycles. The Bertz CT molecular complexity index is 764. The fourth-order valence-electron chi connectivity index (χ4n) is 2.63. The lowest BCUT2D eigenvalue weighted by atomic mass is 9.77. The molecule has 2 atom stereocenters. The molecule has 0 fully saturated rings. The molecule has 5 nitrogen and oxygen atoms in total. The number of nitrogens with zero attached hydrogens (tertiary/aromatic N) is 2. The first-order chi connectivity index (χ1) is 10.8. The van der Waals surface area contributed by atoms with Gasteiger partial charge in [0.05, 0.1) is 11.6 Å². The predicted molar refractivity (Wildman–Crippen MR) is 84.1 cm³/mol. The standard InChI is InChI=1S/C18H18N2O3/c1-17(2)18(3,21)16(22-15-6-4-5-9-20-15)13-10-12(11-19)7-8-14(13)23-17/h4-10,16,21H,1-3H3/t16-,18+/m1/s1. The van der Waals surface area contributed by atoms with Crippen molar-refractivity contribution >= 4 is 0 Å². The van der Waals surface area contributed by atoms with Gasteiger partial charge in [0.25, 0.3) is 0 Å². The van der Waals surface area contributed by atoms with Gasteiger partial charge in [-0.2, -0.15) is 5.26 Å². The fraction of sp³-hybridized carbons (Fsp3) is 0.333. The van der Waals surface area contributed by atoms with Crippen LogP contribution >= 0.6 is 0 Å². The Morgan fingerprint density at radius 2 is 2.04 bits per heavy atom. The van der Waals surface area contributed by atoms with E-state index in [0.29, 0.717) is 22.8 Å². The largest absolute Gasteiger partial charge is 0.484 e. The Hall–Kier alpha value is -2.58. The zero-order valence-corrected chi connectivity index (χ0v) is 13.3. The average Bonchev–Trinajstić information content (AvgIpc) is 2.52. The van der Waals surface area contributed by atoms with Crippen LogP contribution in [-0.2, 0) is 0 Å².